The van der Waals surface area contributed by atoms with Crippen molar-refractivity contribution in [3.05, 3.63) is 34.1 Å². The van der Waals surface area contributed by atoms with E-state index in [9.17, 15) is 4.79 Å². The Hall–Kier alpha value is -0.830. The molecule has 0 atom stereocenters. The van der Waals surface area contributed by atoms with E-state index < -0.39 is 0 Å². The van der Waals surface area contributed by atoms with Crippen molar-refractivity contribution in [1.29, 1.82) is 0 Å². The number of nitrogens with zero attached hydrogens (tertiary/aromatic N) is 2. The topological polar surface area (TPSA) is 54.4 Å². The Morgan fingerprint density at radius 1 is 1.35 bits per heavy atom. The number of thiazole rings is 1. The van der Waals surface area contributed by atoms with Gasteiger partial charge in [-0.05, 0) is 12.1 Å². The molecule has 2 aromatic rings. The molecule has 0 fully saturated rings. The van der Waals surface area contributed by atoms with Gasteiger partial charge >= 0.3 is 0 Å². The summed E-state index contributed by atoms with van der Waals surface area (Å²) in [5, 5.41) is 5.47. The van der Waals surface area contributed by atoms with E-state index in [1.165, 1.54) is 11.3 Å². The molecule has 1 amide bonds. The predicted octanol–water partition coefficient (Wildman–Crippen LogP) is 4.74. The molecule has 3 rings (SSSR count). The Morgan fingerprint density at radius 3 is 2.91 bits per heavy atom. The maximum absolute atomic E-state index is 12.0. The summed E-state index contributed by atoms with van der Waals surface area (Å²) in [6.07, 6.45) is 0.470. The van der Waals surface area contributed by atoms with Crippen molar-refractivity contribution in [3.63, 3.8) is 0 Å². The highest BCUT2D eigenvalue weighted by atomic mass is 79.9. The molecular formula is C15H14BrN3OS3. The molecule has 0 spiro atoms. The monoisotopic (exact) mass is 427 g/mol. The number of aliphatic imine (C=N–C) groups is 1. The molecule has 1 aromatic heterocycles. The van der Waals surface area contributed by atoms with Crippen LogP contribution in [0.1, 0.15) is 6.42 Å². The lowest BCUT2D eigenvalue weighted by Gasteiger charge is -2.01. The van der Waals surface area contributed by atoms with E-state index >= 15 is 0 Å². The summed E-state index contributed by atoms with van der Waals surface area (Å²) in [7, 11) is 0. The van der Waals surface area contributed by atoms with Crippen molar-refractivity contribution in [2.75, 3.05) is 23.4 Å². The molecule has 1 aliphatic heterocycles. The summed E-state index contributed by atoms with van der Waals surface area (Å²) in [6.45, 7) is 0.900. The van der Waals surface area contributed by atoms with Crippen LogP contribution in [0.4, 0.5) is 5.13 Å². The molecule has 120 valence electrons. The van der Waals surface area contributed by atoms with Gasteiger partial charge in [-0.25, -0.2) is 4.98 Å². The summed E-state index contributed by atoms with van der Waals surface area (Å²) in [5.41, 5.74) is 1.92. The summed E-state index contributed by atoms with van der Waals surface area (Å²) in [4.78, 5) is 20.8. The van der Waals surface area contributed by atoms with Crippen LogP contribution in [0.25, 0.3) is 11.3 Å². The first-order chi connectivity index (χ1) is 11.2. The molecule has 4 nitrogen and oxygen atoms in total. The molecule has 0 unspecified atom stereocenters. The number of hydrogen-bond donors (Lipinski definition) is 1. The number of halogens is 1. The smallest absolute Gasteiger partial charge is 0.226 e. The van der Waals surface area contributed by atoms with Gasteiger partial charge in [0, 0.05) is 33.3 Å². The standard InChI is InChI=1S/C15H14BrN3OS3/c16-11-3-1-10(2-4-11)12-9-23-14(18-12)19-13(20)5-7-21-15-17-6-8-22-15/h1-4,9H,5-8H2,(H,18,19,20). The fourth-order valence-electron chi connectivity index (χ4n) is 1.90. The van der Waals surface area contributed by atoms with Crippen molar-refractivity contribution in [3.8, 4) is 11.3 Å². The van der Waals surface area contributed by atoms with Crippen molar-refractivity contribution in [2.24, 2.45) is 4.99 Å². The van der Waals surface area contributed by atoms with Crippen molar-refractivity contribution >= 4 is 66.2 Å². The van der Waals surface area contributed by atoms with E-state index in [4.69, 9.17) is 0 Å². The Bertz CT molecular complexity index is 715. The summed E-state index contributed by atoms with van der Waals surface area (Å²) >= 11 is 8.29. The average Bonchev–Trinajstić information content (AvgIpc) is 3.20. The van der Waals surface area contributed by atoms with Gasteiger partial charge in [0.2, 0.25) is 5.91 Å². The van der Waals surface area contributed by atoms with Crippen molar-refractivity contribution in [2.45, 2.75) is 6.42 Å². The average molecular weight is 428 g/mol. The number of nitrogens with one attached hydrogen (secondary N) is 1. The number of carbonyl (C=O) groups is 1. The van der Waals surface area contributed by atoms with Crippen LogP contribution in [0, 0.1) is 0 Å². The van der Waals surface area contributed by atoms with Crippen LogP contribution in [0.3, 0.4) is 0 Å². The van der Waals surface area contributed by atoms with E-state index in [0.29, 0.717) is 11.6 Å². The fourth-order valence-corrected chi connectivity index (χ4v) is 4.92. The largest absolute Gasteiger partial charge is 0.302 e. The molecule has 1 N–H and O–H groups in total. The van der Waals surface area contributed by atoms with Gasteiger partial charge in [0.05, 0.1) is 12.2 Å². The van der Waals surface area contributed by atoms with Crippen molar-refractivity contribution < 1.29 is 4.79 Å². The third-order valence-electron chi connectivity index (χ3n) is 3.00. The van der Waals surface area contributed by atoms with Crippen LogP contribution in [0.5, 0.6) is 0 Å². The lowest BCUT2D eigenvalue weighted by Crippen LogP contribution is -2.12. The Morgan fingerprint density at radius 2 is 2.17 bits per heavy atom. The number of thioether (sulfide) groups is 2. The summed E-state index contributed by atoms with van der Waals surface area (Å²) in [5.74, 6) is 1.81. The molecular weight excluding hydrogens is 414 g/mol. The molecule has 0 saturated carbocycles. The number of anilines is 1. The van der Waals surface area contributed by atoms with Crippen LogP contribution >= 0.6 is 50.8 Å². The van der Waals surface area contributed by atoms with E-state index in [-0.39, 0.29) is 5.91 Å². The number of hydrogen-bond acceptors (Lipinski definition) is 6. The quantitative estimate of drug-likeness (QED) is 0.748. The van der Waals surface area contributed by atoms with E-state index in [1.54, 1.807) is 23.5 Å². The van der Waals surface area contributed by atoms with Crippen LogP contribution in [0.15, 0.2) is 39.1 Å². The first-order valence-corrected chi connectivity index (χ1v) is 10.7. The SMILES string of the molecule is O=C(CCSC1=NCCS1)Nc1nc(-c2ccc(Br)cc2)cs1. The minimum absolute atomic E-state index is 0.00203. The Balaban J connectivity index is 1.50. The lowest BCUT2D eigenvalue weighted by atomic mass is 10.2. The predicted molar refractivity (Wildman–Crippen MR) is 106 cm³/mol. The fraction of sp³-hybridized carbons (Fsp3) is 0.267. The number of aromatic nitrogens is 1. The molecule has 1 aromatic carbocycles. The minimum atomic E-state index is -0.00203. The molecule has 0 saturated heterocycles. The lowest BCUT2D eigenvalue weighted by molar-refractivity contribution is -0.115. The zero-order valence-electron chi connectivity index (χ0n) is 12.1. The van der Waals surface area contributed by atoms with Crippen LogP contribution in [-0.2, 0) is 4.79 Å². The highest BCUT2D eigenvalue weighted by Crippen LogP contribution is 2.26. The zero-order valence-corrected chi connectivity index (χ0v) is 16.2. The van der Waals surface area contributed by atoms with Gasteiger partial charge in [-0.15, -0.1) is 11.3 Å². The minimum Gasteiger partial charge on any atom is -0.302 e. The van der Waals surface area contributed by atoms with E-state index in [0.717, 1.165) is 38.2 Å². The third-order valence-corrected chi connectivity index (χ3v) is 6.54. The first kappa shape index (κ1) is 17.0. The molecule has 2 heterocycles. The molecule has 1 aliphatic rings. The molecule has 23 heavy (non-hydrogen) atoms. The zero-order chi connectivity index (χ0) is 16.1. The molecule has 0 aliphatic carbocycles. The van der Waals surface area contributed by atoms with E-state index in [1.807, 2.05) is 29.6 Å². The summed E-state index contributed by atoms with van der Waals surface area (Å²) in [6, 6.07) is 7.96. The molecule has 0 bridgehead atoms. The second-order valence-corrected chi connectivity index (χ2v) is 8.89. The van der Waals surface area contributed by atoms with Gasteiger partial charge in [0.25, 0.3) is 0 Å². The van der Waals surface area contributed by atoms with Crippen LogP contribution < -0.4 is 5.32 Å². The second-order valence-electron chi connectivity index (χ2n) is 4.69. The number of benzene rings is 1. The Kier molecular flexibility index (Phi) is 6.15. The van der Waals surface area contributed by atoms with Gasteiger partial charge in [0.15, 0.2) is 5.13 Å². The van der Waals surface area contributed by atoms with Crippen molar-refractivity contribution in [1.82, 2.24) is 4.98 Å². The highest BCUT2D eigenvalue weighted by molar-refractivity contribution is 9.10. The van der Waals surface area contributed by atoms with Crippen LogP contribution in [-0.4, -0.2) is 33.3 Å². The second kappa shape index (κ2) is 8.32. The van der Waals surface area contributed by atoms with Gasteiger partial charge in [-0.1, -0.05) is 51.6 Å². The maximum atomic E-state index is 12.0. The Labute approximate surface area is 155 Å². The highest BCUT2D eigenvalue weighted by Gasteiger charge is 2.11. The first-order valence-electron chi connectivity index (χ1n) is 7.02. The summed E-state index contributed by atoms with van der Waals surface area (Å²) < 4.78 is 2.14. The van der Waals surface area contributed by atoms with Gasteiger partial charge in [-0.3, -0.25) is 9.79 Å². The maximum Gasteiger partial charge on any atom is 0.226 e. The van der Waals surface area contributed by atoms with Gasteiger partial charge < -0.3 is 5.32 Å². The van der Waals surface area contributed by atoms with Crippen LogP contribution in [0.2, 0.25) is 0 Å². The molecule has 8 heteroatoms. The van der Waals surface area contributed by atoms with Gasteiger partial charge in [-0.2, -0.15) is 0 Å². The number of carbonyl (C=O) groups excluding carboxylic acids is 1. The number of rotatable bonds is 5. The third kappa shape index (κ3) is 5.07. The number of amides is 1. The normalized spacial score (nSPS) is 13.9. The van der Waals surface area contributed by atoms with E-state index in [2.05, 4.69) is 31.2 Å². The van der Waals surface area contributed by atoms with Gasteiger partial charge in [0.1, 0.15) is 4.38 Å². The molecule has 0 radical (unpaired) electrons.